The first-order chi connectivity index (χ1) is 7.47. The third-order valence-corrected chi connectivity index (χ3v) is 3.82. The molecule has 0 saturated carbocycles. The molecule has 0 aliphatic heterocycles. The van der Waals surface area contributed by atoms with E-state index in [0.717, 1.165) is 11.4 Å². The highest BCUT2D eigenvalue weighted by Crippen LogP contribution is 2.06. The molecule has 0 radical (unpaired) electrons. The maximum absolute atomic E-state index is 5.52. The summed E-state index contributed by atoms with van der Waals surface area (Å²) in [7, 11) is -2.42. The van der Waals surface area contributed by atoms with Crippen LogP contribution < -0.4 is 11.0 Å². The van der Waals surface area contributed by atoms with Crippen molar-refractivity contribution in [3.8, 4) is 0 Å². The van der Waals surface area contributed by atoms with Crippen LogP contribution in [0.15, 0.2) is 35.8 Å². The molecule has 2 N–H and O–H groups in total. The summed E-state index contributed by atoms with van der Waals surface area (Å²) >= 11 is 0. The van der Waals surface area contributed by atoms with Crippen LogP contribution in [0.1, 0.15) is 27.7 Å². The first-order valence-corrected chi connectivity index (χ1v) is 7.64. The fourth-order valence-corrected chi connectivity index (χ4v) is 1.52. The van der Waals surface area contributed by atoms with E-state index in [-0.39, 0.29) is 0 Å². The van der Waals surface area contributed by atoms with Gasteiger partial charge in [0.2, 0.25) is 0 Å². The van der Waals surface area contributed by atoms with Gasteiger partial charge < -0.3 is 0 Å². The van der Waals surface area contributed by atoms with Crippen LogP contribution in [0.25, 0.3) is 0 Å². The number of hydroxylamine groups is 2. The van der Waals surface area contributed by atoms with Crippen molar-refractivity contribution in [3.63, 3.8) is 0 Å². The predicted molar refractivity (Wildman–Crippen MR) is 69.1 cm³/mol. The van der Waals surface area contributed by atoms with Crippen molar-refractivity contribution < 1.29 is 9.05 Å². The fraction of sp³-hybridized carbons (Fsp3) is 0.455. The van der Waals surface area contributed by atoms with E-state index in [1.807, 2.05) is 46.4 Å². The van der Waals surface area contributed by atoms with Crippen molar-refractivity contribution in [2.75, 3.05) is 0 Å². The minimum absolute atomic E-state index is 0.937. The van der Waals surface area contributed by atoms with Crippen LogP contribution in [0.5, 0.6) is 0 Å². The summed E-state index contributed by atoms with van der Waals surface area (Å²) in [6, 6.07) is 0. The van der Waals surface area contributed by atoms with Crippen LogP contribution in [0, 0.1) is 0 Å². The highest BCUT2D eigenvalue weighted by molar-refractivity contribution is 6.71. The lowest BCUT2D eigenvalue weighted by molar-refractivity contribution is 0.101. The lowest BCUT2D eigenvalue weighted by Gasteiger charge is -2.24. The van der Waals surface area contributed by atoms with Crippen LogP contribution in [-0.4, -0.2) is 8.56 Å². The molecule has 0 fully saturated rings. The first-order valence-electron chi connectivity index (χ1n) is 5.25. The Hall–Kier alpha value is -1.04. The molecule has 0 rings (SSSR count). The minimum Gasteiger partial charge on any atom is -0.282 e. The Morgan fingerprint density at radius 3 is 1.69 bits per heavy atom. The average Bonchev–Trinajstić information content (AvgIpc) is 2.32. The summed E-state index contributed by atoms with van der Waals surface area (Å²) in [6.45, 7) is 13.3. The van der Waals surface area contributed by atoms with Gasteiger partial charge in [0.1, 0.15) is 0 Å². The second-order valence-corrected chi connectivity index (χ2v) is 6.42. The maximum atomic E-state index is 5.52. The lowest BCUT2D eigenvalue weighted by Crippen LogP contribution is -2.45. The summed E-state index contributed by atoms with van der Waals surface area (Å²) in [5, 5.41) is 0. The molecule has 0 aromatic carbocycles. The van der Waals surface area contributed by atoms with Gasteiger partial charge in [0.05, 0.1) is 0 Å². The molecular formula is C11H22N2O2Si. The molecule has 0 aliphatic rings. The van der Waals surface area contributed by atoms with E-state index in [1.54, 1.807) is 5.70 Å². The molecule has 0 atom stereocenters. The van der Waals surface area contributed by atoms with E-state index in [4.69, 9.17) is 9.05 Å². The van der Waals surface area contributed by atoms with Gasteiger partial charge in [-0.25, -0.2) is 0 Å². The molecule has 0 aliphatic carbocycles. The van der Waals surface area contributed by atoms with Crippen molar-refractivity contribution in [2.24, 2.45) is 0 Å². The third kappa shape index (κ3) is 5.74. The standard InChI is InChI=1S/C11H22N2O2Si/c1-7-10(4)12-14-16(6,9-3)15-13-11(5)8-2/h7-9,12-13H,3H2,1-2,4-6H3. The van der Waals surface area contributed by atoms with Gasteiger partial charge in [-0.1, -0.05) is 12.2 Å². The third-order valence-electron chi connectivity index (χ3n) is 2.07. The van der Waals surface area contributed by atoms with E-state index in [2.05, 4.69) is 17.5 Å². The molecule has 16 heavy (non-hydrogen) atoms. The molecule has 5 heteroatoms. The Labute approximate surface area is 99.2 Å². The van der Waals surface area contributed by atoms with Crippen LogP contribution in [0.4, 0.5) is 0 Å². The molecule has 0 aromatic rings. The van der Waals surface area contributed by atoms with Crippen molar-refractivity contribution in [1.82, 2.24) is 11.0 Å². The zero-order valence-corrected chi connectivity index (χ0v) is 11.8. The zero-order valence-electron chi connectivity index (χ0n) is 10.8. The van der Waals surface area contributed by atoms with Gasteiger partial charge in [0, 0.05) is 11.4 Å². The lowest BCUT2D eigenvalue weighted by atomic mass is 10.5. The Balaban J connectivity index is 4.26. The average molecular weight is 242 g/mol. The van der Waals surface area contributed by atoms with E-state index < -0.39 is 8.56 Å². The predicted octanol–water partition coefficient (Wildman–Crippen LogP) is 2.67. The summed E-state index contributed by atoms with van der Waals surface area (Å²) in [5.41, 5.74) is 9.25. The van der Waals surface area contributed by atoms with Crippen molar-refractivity contribution in [3.05, 3.63) is 35.8 Å². The van der Waals surface area contributed by atoms with Gasteiger partial charge >= 0.3 is 8.56 Å². The van der Waals surface area contributed by atoms with E-state index >= 15 is 0 Å². The Morgan fingerprint density at radius 2 is 1.44 bits per heavy atom. The molecule has 92 valence electrons. The molecule has 0 aromatic heterocycles. The fourth-order valence-electron chi connectivity index (χ4n) is 0.586. The highest BCUT2D eigenvalue weighted by atomic mass is 28.4. The minimum atomic E-state index is -2.42. The van der Waals surface area contributed by atoms with E-state index in [0.29, 0.717) is 0 Å². The number of allylic oxidation sites excluding steroid dienone is 4. The molecular weight excluding hydrogens is 220 g/mol. The maximum Gasteiger partial charge on any atom is 0.411 e. The van der Waals surface area contributed by atoms with Gasteiger partial charge in [-0.15, -0.1) is 6.58 Å². The van der Waals surface area contributed by atoms with Gasteiger partial charge in [-0.2, -0.15) is 0 Å². The number of hydrogen-bond acceptors (Lipinski definition) is 4. The topological polar surface area (TPSA) is 42.5 Å². The quantitative estimate of drug-likeness (QED) is 0.532. The first kappa shape index (κ1) is 15.0. The van der Waals surface area contributed by atoms with Crippen molar-refractivity contribution in [1.29, 1.82) is 0 Å². The monoisotopic (exact) mass is 242 g/mol. The van der Waals surface area contributed by atoms with Crippen molar-refractivity contribution >= 4 is 8.56 Å². The Morgan fingerprint density at radius 1 is 1.06 bits per heavy atom. The zero-order chi connectivity index (χ0) is 12.6. The van der Waals surface area contributed by atoms with Gasteiger partial charge in [-0.05, 0) is 39.9 Å². The molecule has 0 amide bonds. The summed E-state index contributed by atoms with van der Waals surface area (Å²) in [6.07, 6.45) is 3.84. The van der Waals surface area contributed by atoms with Crippen LogP contribution in [0.3, 0.4) is 0 Å². The number of hydrogen-bond donors (Lipinski definition) is 2. The van der Waals surface area contributed by atoms with E-state index in [9.17, 15) is 0 Å². The highest BCUT2D eigenvalue weighted by Gasteiger charge is 2.29. The summed E-state index contributed by atoms with van der Waals surface area (Å²) in [4.78, 5) is 0. The largest absolute Gasteiger partial charge is 0.411 e. The second kappa shape index (κ2) is 7.27. The van der Waals surface area contributed by atoms with Crippen LogP contribution in [-0.2, 0) is 9.05 Å². The SMILES string of the molecule is C=C[Si](C)(ONC(C)=CC)ONC(C)=CC. The van der Waals surface area contributed by atoms with Crippen LogP contribution in [0.2, 0.25) is 6.55 Å². The van der Waals surface area contributed by atoms with Gasteiger partial charge in [0.25, 0.3) is 0 Å². The smallest absolute Gasteiger partial charge is 0.282 e. The molecule has 0 spiro atoms. The van der Waals surface area contributed by atoms with Gasteiger partial charge in [0.15, 0.2) is 0 Å². The Bertz CT molecular complexity index is 266. The van der Waals surface area contributed by atoms with Gasteiger partial charge in [-0.3, -0.25) is 20.0 Å². The van der Waals surface area contributed by atoms with Crippen LogP contribution >= 0.6 is 0 Å². The summed E-state index contributed by atoms with van der Waals surface area (Å²) < 4.78 is 11.0. The molecule has 0 unspecified atom stereocenters. The molecule has 0 saturated heterocycles. The summed E-state index contributed by atoms with van der Waals surface area (Å²) in [5.74, 6) is 0. The normalized spacial score (nSPS) is 16.6. The molecule has 4 nitrogen and oxygen atoms in total. The number of rotatable bonds is 7. The van der Waals surface area contributed by atoms with E-state index in [1.165, 1.54) is 0 Å². The molecule has 0 bridgehead atoms. The molecule has 0 heterocycles. The second-order valence-electron chi connectivity index (χ2n) is 3.57. The number of nitrogens with one attached hydrogen (secondary N) is 2. The Kier molecular flexibility index (Phi) is 6.79. The van der Waals surface area contributed by atoms with Crippen molar-refractivity contribution in [2.45, 2.75) is 34.2 Å².